The van der Waals surface area contributed by atoms with Crippen LogP contribution in [0.4, 0.5) is 13.2 Å². The normalized spacial score (nSPS) is 11.5. The minimum atomic E-state index is -4.79. The number of para-hydroxylation sites is 1. The second-order valence-electron chi connectivity index (χ2n) is 3.79. The summed E-state index contributed by atoms with van der Waals surface area (Å²) in [5.74, 6) is -0.361. The highest BCUT2D eigenvalue weighted by atomic mass is 35.5. The van der Waals surface area contributed by atoms with Gasteiger partial charge in [0.2, 0.25) is 0 Å². The molecule has 1 nitrogen and oxygen atoms in total. The van der Waals surface area contributed by atoms with E-state index in [1.807, 2.05) is 0 Å². The van der Waals surface area contributed by atoms with Gasteiger partial charge in [-0.05, 0) is 18.2 Å². The number of hydrogen-bond acceptors (Lipinski definition) is 1. The van der Waals surface area contributed by atoms with Gasteiger partial charge in [-0.3, -0.25) is 0 Å². The molecule has 0 heterocycles. The van der Waals surface area contributed by atoms with Gasteiger partial charge in [0.05, 0.1) is 15.1 Å². The molecule has 7 heteroatoms. The first kappa shape index (κ1) is 15.3. The van der Waals surface area contributed by atoms with Crippen molar-refractivity contribution in [3.63, 3.8) is 0 Å². The summed E-state index contributed by atoms with van der Waals surface area (Å²) in [6.45, 7) is 0. The molecule has 0 aliphatic heterocycles. The van der Waals surface area contributed by atoms with Gasteiger partial charge in [-0.25, -0.2) is 0 Å². The summed E-state index contributed by atoms with van der Waals surface area (Å²) < 4.78 is 41.1. The average Bonchev–Trinajstić information content (AvgIpc) is 2.33. The van der Waals surface area contributed by atoms with Crippen LogP contribution in [0, 0.1) is 0 Å². The Morgan fingerprint density at radius 3 is 2.05 bits per heavy atom. The lowest BCUT2D eigenvalue weighted by molar-refractivity contribution is -0.274. The molecule has 0 atom stereocenters. The fraction of sp³-hybridized carbons (Fsp3) is 0.0769. The van der Waals surface area contributed by atoms with Gasteiger partial charge < -0.3 is 4.74 Å². The molecule has 0 unspecified atom stereocenters. The molecule has 0 saturated heterocycles. The molecule has 0 N–H and O–H groups in total. The SMILES string of the molecule is FC(F)(F)Oc1ccccc1-c1cc(Cl)c(Cl)cc1Cl. The first-order valence-corrected chi connectivity index (χ1v) is 6.41. The summed E-state index contributed by atoms with van der Waals surface area (Å²) in [6.07, 6.45) is -4.79. The van der Waals surface area contributed by atoms with Gasteiger partial charge in [0, 0.05) is 11.1 Å². The van der Waals surface area contributed by atoms with Gasteiger partial charge in [-0.1, -0.05) is 53.0 Å². The molecule has 0 bridgehead atoms. The molecule has 106 valence electrons. The van der Waals surface area contributed by atoms with E-state index < -0.39 is 6.36 Å². The smallest absolute Gasteiger partial charge is 0.405 e. The van der Waals surface area contributed by atoms with E-state index >= 15 is 0 Å². The van der Waals surface area contributed by atoms with Crippen molar-refractivity contribution in [3.8, 4) is 16.9 Å². The lowest BCUT2D eigenvalue weighted by Gasteiger charge is -2.14. The predicted octanol–water partition coefficient (Wildman–Crippen LogP) is 6.21. The van der Waals surface area contributed by atoms with Crippen LogP contribution < -0.4 is 4.74 Å². The second kappa shape index (κ2) is 5.72. The summed E-state index contributed by atoms with van der Waals surface area (Å²) in [7, 11) is 0. The first-order chi connectivity index (χ1) is 9.28. The van der Waals surface area contributed by atoms with E-state index in [-0.39, 0.29) is 26.4 Å². The molecule has 0 aliphatic carbocycles. The summed E-state index contributed by atoms with van der Waals surface area (Å²) in [5.41, 5.74) is 0.481. The van der Waals surface area contributed by atoms with Crippen LogP contribution in [0.3, 0.4) is 0 Å². The Bertz CT molecular complexity index is 641. The Morgan fingerprint density at radius 2 is 1.40 bits per heavy atom. The van der Waals surface area contributed by atoms with E-state index in [0.29, 0.717) is 5.56 Å². The monoisotopic (exact) mass is 340 g/mol. The zero-order chi connectivity index (χ0) is 14.9. The average molecular weight is 342 g/mol. The molecule has 2 rings (SSSR count). The van der Waals surface area contributed by atoms with E-state index in [4.69, 9.17) is 34.8 Å². The molecular weight excluding hydrogens is 335 g/mol. The molecule has 0 aromatic heterocycles. The van der Waals surface area contributed by atoms with Gasteiger partial charge in [0.1, 0.15) is 5.75 Å². The summed E-state index contributed by atoms with van der Waals surface area (Å²) >= 11 is 17.7. The molecule has 0 aliphatic rings. The van der Waals surface area contributed by atoms with Crippen molar-refractivity contribution in [1.29, 1.82) is 0 Å². The Morgan fingerprint density at radius 1 is 0.800 bits per heavy atom. The lowest BCUT2D eigenvalue weighted by Crippen LogP contribution is -2.17. The van der Waals surface area contributed by atoms with Crippen LogP contribution in [-0.4, -0.2) is 6.36 Å². The van der Waals surface area contributed by atoms with E-state index in [0.717, 1.165) is 0 Å². The third-order valence-corrected chi connectivity index (χ3v) is 3.45. The summed E-state index contributed by atoms with van der Waals surface area (Å²) in [5, 5.41) is 0.583. The van der Waals surface area contributed by atoms with Crippen LogP contribution >= 0.6 is 34.8 Å². The predicted molar refractivity (Wildman–Crippen MR) is 73.6 cm³/mol. The minimum Gasteiger partial charge on any atom is -0.405 e. The molecular formula is C13H6Cl3F3O. The molecule has 20 heavy (non-hydrogen) atoms. The highest BCUT2D eigenvalue weighted by Crippen LogP contribution is 2.40. The molecule has 2 aromatic rings. The van der Waals surface area contributed by atoms with Crippen molar-refractivity contribution in [3.05, 3.63) is 51.5 Å². The van der Waals surface area contributed by atoms with Crippen molar-refractivity contribution in [1.82, 2.24) is 0 Å². The van der Waals surface area contributed by atoms with Gasteiger partial charge in [-0.2, -0.15) is 0 Å². The highest BCUT2D eigenvalue weighted by molar-refractivity contribution is 6.44. The Balaban J connectivity index is 2.56. The van der Waals surface area contributed by atoms with E-state index in [1.54, 1.807) is 6.07 Å². The zero-order valence-corrected chi connectivity index (χ0v) is 11.9. The van der Waals surface area contributed by atoms with Crippen LogP contribution in [0.25, 0.3) is 11.1 Å². The molecule has 0 amide bonds. The number of rotatable bonds is 2. The first-order valence-electron chi connectivity index (χ1n) is 5.27. The Labute approximate surface area is 127 Å². The lowest BCUT2D eigenvalue weighted by atomic mass is 10.0. The molecule has 0 fully saturated rings. The standard InChI is InChI=1S/C13H6Cl3F3O/c14-9-6-11(16)10(15)5-8(9)7-3-1-2-4-12(7)20-13(17,18)19/h1-6H. The topological polar surface area (TPSA) is 9.23 Å². The fourth-order valence-electron chi connectivity index (χ4n) is 1.63. The van der Waals surface area contributed by atoms with E-state index in [9.17, 15) is 13.2 Å². The molecule has 0 spiro atoms. The second-order valence-corrected chi connectivity index (χ2v) is 5.01. The van der Waals surface area contributed by atoms with Gasteiger partial charge in [0.25, 0.3) is 0 Å². The largest absolute Gasteiger partial charge is 0.573 e. The molecule has 2 aromatic carbocycles. The number of hydrogen-bond donors (Lipinski definition) is 0. The zero-order valence-electron chi connectivity index (χ0n) is 9.64. The van der Waals surface area contributed by atoms with Gasteiger partial charge in [0.15, 0.2) is 0 Å². The summed E-state index contributed by atoms with van der Waals surface area (Å²) in [6, 6.07) is 8.40. The maximum Gasteiger partial charge on any atom is 0.573 e. The van der Waals surface area contributed by atoms with Crippen molar-refractivity contribution >= 4 is 34.8 Å². The maximum absolute atomic E-state index is 12.4. The fourth-order valence-corrected chi connectivity index (χ4v) is 2.28. The molecule has 0 radical (unpaired) electrons. The Hall–Kier alpha value is -1.10. The maximum atomic E-state index is 12.4. The van der Waals surface area contributed by atoms with Crippen LogP contribution in [0.15, 0.2) is 36.4 Å². The number of alkyl halides is 3. The van der Waals surface area contributed by atoms with Crippen molar-refractivity contribution in [2.45, 2.75) is 6.36 Å². The highest BCUT2D eigenvalue weighted by Gasteiger charge is 2.32. The Kier molecular flexibility index (Phi) is 4.37. The quantitative estimate of drug-likeness (QED) is 0.590. The van der Waals surface area contributed by atoms with Crippen molar-refractivity contribution in [2.24, 2.45) is 0 Å². The number of halogens is 6. The minimum absolute atomic E-state index is 0.174. The van der Waals surface area contributed by atoms with Crippen molar-refractivity contribution in [2.75, 3.05) is 0 Å². The van der Waals surface area contributed by atoms with E-state index in [2.05, 4.69) is 4.74 Å². The molecule has 0 saturated carbocycles. The van der Waals surface area contributed by atoms with Crippen molar-refractivity contribution < 1.29 is 17.9 Å². The van der Waals surface area contributed by atoms with Gasteiger partial charge in [-0.15, -0.1) is 13.2 Å². The van der Waals surface area contributed by atoms with E-state index in [1.165, 1.54) is 30.3 Å². The number of ether oxygens (including phenoxy) is 1. The third kappa shape index (κ3) is 3.51. The van der Waals surface area contributed by atoms with Gasteiger partial charge >= 0.3 is 6.36 Å². The van der Waals surface area contributed by atoms with Crippen LogP contribution in [-0.2, 0) is 0 Å². The summed E-state index contributed by atoms with van der Waals surface area (Å²) in [4.78, 5) is 0. The number of benzene rings is 2. The van der Waals surface area contributed by atoms with Crippen LogP contribution in [0.5, 0.6) is 5.75 Å². The third-order valence-electron chi connectivity index (χ3n) is 2.41. The van der Waals surface area contributed by atoms with Crippen LogP contribution in [0.2, 0.25) is 15.1 Å². The van der Waals surface area contributed by atoms with Crippen LogP contribution in [0.1, 0.15) is 0 Å².